The summed E-state index contributed by atoms with van der Waals surface area (Å²) in [6.45, 7) is 13.3. The monoisotopic (exact) mass is 557 g/mol. The molecule has 0 unspecified atom stereocenters. The second-order valence-electron chi connectivity index (χ2n) is 10.0. The minimum Gasteiger partial charge on any atom is -0.437 e. The average molecular weight is 558 g/mol. The number of amides is 1. The highest BCUT2D eigenvalue weighted by atomic mass is 32.2. The zero-order valence-corrected chi connectivity index (χ0v) is 24.0. The molecule has 210 valence electrons. The van der Waals surface area contributed by atoms with Gasteiger partial charge in [0, 0.05) is 30.3 Å². The molecule has 0 fully saturated rings. The Kier molecular flexibility index (Phi) is 9.13. The van der Waals surface area contributed by atoms with Crippen molar-refractivity contribution < 1.29 is 22.9 Å². The molecule has 1 heterocycles. The lowest BCUT2D eigenvalue weighted by atomic mass is 10.1. The first kappa shape index (κ1) is 29.8. The topological polar surface area (TPSA) is 145 Å². The first-order chi connectivity index (χ1) is 18.2. The van der Waals surface area contributed by atoms with Crippen molar-refractivity contribution in [3.05, 3.63) is 68.9 Å². The highest BCUT2D eigenvalue weighted by Gasteiger charge is 2.29. The molecule has 0 radical (unpaired) electrons. The van der Waals surface area contributed by atoms with E-state index in [9.17, 15) is 23.3 Å². The Bertz CT molecular complexity index is 1500. The molecule has 1 atom stereocenters. The van der Waals surface area contributed by atoms with Crippen LogP contribution in [0.2, 0.25) is 0 Å². The quantitative estimate of drug-likeness (QED) is 0.250. The van der Waals surface area contributed by atoms with Gasteiger partial charge < -0.3 is 10.1 Å². The van der Waals surface area contributed by atoms with E-state index in [1.807, 2.05) is 52.8 Å². The Labute approximate surface area is 228 Å². The Morgan fingerprint density at radius 3 is 2.44 bits per heavy atom. The van der Waals surface area contributed by atoms with Crippen LogP contribution in [0.1, 0.15) is 61.3 Å². The van der Waals surface area contributed by atoms with Crippen molar-refractivity contribution in [3.63, 3.8) is 0 Å². The van der Waals surface area contributed by atoms with Crippen LogP contribution in [0.5, 0.6) is 11.6 Å². The predicted octanol–water partition coefficient (Wildman–Crippen LogP) is 4.96. The van der Waals surface area contributed by atoms with Gasteiger partial charge in [-0.05, 0) is 63.3 Å². The number of nitro benzene ring substituents is 1. The number of ether oxygens (including phenoxy) is 1. The van der Waals surface area contributed by atoms with E-state index in [0.717, 1.165) is 17.2 Å². The molecule has 1 amide bonds. The molecule has 0 aliphatic rings. The summed E-state index contributed by atoms with van der Waals surface area (Å²) >= 11 is 0. The van der Waals surface area contributed by atoms with Gasteiger partial charge in [-0.25, -0.2) is 13.1 Å². The van der Waals surface area contributed by atoms with Crippen molar-refractivity contribution >= 4 is 21.6 Å². The molecule has 2 aromatic carbocycles. The maximum Gasteiger partial charge on any atom is 0.272 e. The van der Waals surface area contributed by atoms with Crippen LogP contribution in [0, 0.1) is 36.8 Å². The number of benzene rings is 2. The minimum absolute atomic E-state index is 0.118. The average Bonchev–Trinajstić information content (AvgIpc) is 3.19. The molecule has 0 bridgehead atoms. The highest BCUT2D eigenvalue weighted by molar-refractivity contribution is 7.89. The van der Waals surface area contributed by atoms with Gasteiger partial charge in [0.1, 0.15) is 10.6 Å². The Hall–Kier alpha value is -3.77. The lowest BCUT2D eigenvalue weighted by Gasteiger charge is -2.17. The number of aryl methyl sites for hydroxylation is 2. The smallest absolute Gasteiger partial charge is 0.272 e. The number of rotatable bonds is 11. The van der Waals surface area contributed by atoms with Crippen molar-refractivity contribution in [1.82, 2.24) is 19.8 Å². The lowest BCUT2D eigenvalue weighted by Crippen LogP contribution is -2.32. The second-order valence-corrected chi connectivity index (χ2v) is 11.7. The van der Waals surface area contributed by atoms with Crippen molar-refractivity contribution in [3.8, 4) is 17.3 Å². The maximum atomic E-state index is 13.3. The summed E-state index contributed by atoms with van der Waals surface area (Å²) in [5.74, 6) is -0.200. The number of hydrogen-bond acceptors (Lipinski definition) is 7. The Morgan fingerprint density at radius 1 is 1.13 bits per heavy atom. The molecule has 2 N–H and O–H groups in total. The highest BCUT2D eigenvalue weighted by Crippen LogP contribution is 2.36. The Balaban J connectivity index is 2.23. The Morgan fingerprint density at radius 2 is 1.82 bits per heavy atom. The largest absolute Gasteiger partial charge is 0.437 e. The molecule has 0 saturated carbocycles. The number of non-ortho nitro benzene ring substituents is 1. The number of nitrogens with zero attached hydrogens (tertiary/aromatic N) is 3. The molecule has 0 spiro atoms. The van der Waals surface area contributed by atoms with E-state index in [-0.39, 0.29) is 23.2 Å². The molecule has 11 nitrogen and oxygen atoms in total. The van der Waals surface area contributed by atoms with Crippen LogP contribution in [0.4, 0.5) is 5.69 Å². The molecule has 3 rings (SSSR count). The fraction of sp³-hybridized carbons (Fsp3) is 0.407. The van der Waals surface area contributed by atoms with E-state index in [2.05, 4.69) is 15.1 Å². The molecule has 0 saturated heterocycles. The zero-order valence-electron chi connectivity index (χ0n) is 23.2. The van der Waals surface area contributed by atoms with Gasteiger partial charge in [0.2, 0.25) is 15.9 Å². The van der Waals surface area contributed by atoms with Crippen LogP contribution in [0.25, 0.3) is 5.69 Å². The summed E-state index contributed by atoms with van der Waals surface area (Å²) in [6, 6.07) is 8.67. The summed E-state index contributed by atoms with van der Waals surface area (Å²) in [7, 11) is -4.20. The molecular formula is C27H35N5O6S. The van der Waals surface area contributed by atoms with Crippen molar-refractivity contribution in [1.29, 1.82) is 0 Å². The number of nitro groups is 1. The van der Waals surface area contributed by atoms with Crippen LogP contribution in [-0.4, -0.2) is 41.6 Å². The number of nitrogens with one attached hydrogen (secondary N) is 2. The third-order valence-electron chi connectivity index (χ3n) is 6.15. The van der Waals surface area contributed by atoms with E-state index in [1.165, 1.54) is 16.8 Å². The third-order valence-corrected chi connectivity index (χ3v) is 7.76. The van der Waals surface area contributed by atoms with Crippen LogP contribution in [0.15, 0.2) is 41.3 Å². The summed E-state index contributed by atoms with van der Waals surface area (Å²) in [4.78, 5) is 23.5. The van der Waals surface area contributed by atoms with Crippen LogP contribution >= 0.6 is 0 Å². The third kappa shape index (κ3) is 6.82. The minimum atomic E-state index is -4.20. The van der Waals surface area contributed by atoms with Crippen LogP contribution in [0.3, 0.4) is 0 Å². The van der Waals surface area contributed by atoms with Gasteiger partial charge in [-0.3, -0.25) is 14.9 Å². The van der Waals surface area contributed by atoms with Crippen molar-refractivity contribution in [2.75, 3.05) is 6.54 Å². The maximum absolute atomic E-state index is 13.3. The second kappa shape index (κ2) is 12.0. The van der Waals surface area contributed by atoms with Crippen LogP contribution in [-0.2, 0) is 10.0 Å². The zero-order chi connectivity index (χ0) is 29.1. The van der Waals surface area contributed by atoms with Crippen molar-refractivity contribution in [2.45, 2.75) is 65.8 Å². The molecule has 12 heteroatoms. The van der Waals surface area contributed by atoms with Crippen molar-refractivity contribution in [2.24, 2.45) is 5.92 Å². The summed E-state index contributed by atoms with van der Waals surface area (Å²) in [5.41, 5.74) is 2.53. The van der Waals surface area contributed by atoms with Gasteiger partial charge in [0.05, 0.1) is 10.6 Å². The first-order valence-electron chi connectivity index (χ1n) is 12.7. The normalized spacial score (nSPS) is 12.4. The number of sulfonamides is 1. The number of hydrogen-bond donors (Lipinski definition) is 2. The van der Waals surface area contributed by atoms with E-state index < -0.39 is 37.5 Å². The fourth-order valence-electron chi connectivity index (χ4n) is 3.73. The standard InChI is InChI=1S/C27H35N5O6S/c1-8-19(6)30-39(36,37)24-14-21(32(34)35)11-12-23(24)38-27-20(7)25(26(33)28-15-16(2)3)29-31(27)22-13-17(4)9-10-18(22)5/h9-14,16,19,30H,8,15H2,1-7H3,(H,28,33)/t19-/m1/s1. The summed E-state index contributed by atoms with van der Waals surface area (Å²) < 4.78 is 36.8. The molecule has 3 aromatic rings. The number of carbonyl (C=O) groups is 1. The molecule has 39 heavy (non-hydrogen) atoms. The first-order valence-corrected chi connectivity index (χ1v) is 14.2. The van der Waals surface area contributed by atoms with E-state index in [4.69, 9.17) is 4.74 Å². The number of aromatic nitrogens is 2. The predicted molar refractivity (Wildman–Crippen MR) is 148 cm³/mol. The SMILES string of the molecule is CC[C@@H](C)NS(=O)(=O)c1cc([N+](=O)[O-])ccc1Oc1c(C)c(C(=O)NCC(C)C)nn1-c1cc(C)ccc1C. The molecule has 0 aliphatic heterocycles. The van der Waals surface area contributed by atoms with E-state index in [0.29, 0.717) is 24.2 Å². The molecule has 1 aromatic heterocycles. The number of carbonyl (C=O) groups excluding carboxylic acids is 1. The van der Waals surface area contributed by atoms with Gasteiger partial charge in [-0.15, -0.1) is 0 Å². The lowest BCUT2D eigenvalue weighted by molar-refractivity contribution is -0.385. The van der Waals surface area contributed by atoms with E-state index >= 15 is 0 Å². The molecule has 0 aliphatic carbocycles. The van der Waals surface area contributed by atoms with Gasteiger partial charge in [-0.1, -0.05) is 32.9 Å². The summed E-state index contributed by atoms with van der Waals surface area (Å²) in [5, 5.41) is 18.9. The molecular weight excluding hydrogens is 522 g/mol. The van der Waals surface area contributed by atoms with E-state index in [1.54, 1.807) is 13.8 Å². The van der Waals surface area contributed by atoms with Gasteiger partial charge in [-0.2, -0.15) is 9.78 Å². The van der Waals surface area contributed by atoms with Gasteiger partial charge >= 0.3 is 0 Å². The van der Waals surface area contributed by atoms with Gasteiger partial charge in [0.15, 0.2) is 5.69 Å². The van der Waals surface area contributed by atoms with Gasteiger partial charge in [0.25, 0.3) is 11.6 Å². The fourth-order valence-corrected chi connectivity index (χ4v) is 5.20. The summed E-state index contributed by atoms with van der Waals surface area (Å²) in [6.07, 6.45) is 0.512. The van der Waals surface area contributed by atoms with Crippen LogP contribution < -0.4 is 14.8 Å².